The Balaban J connectivity index is 1.34. The lowest BCUT2D eigenvalue weighted by Gasteiger charge is -2.22. The predicted molar refractivity (Wildman–Crippen MR) is 173 cm³/mol. The topological polar surface area (TPSA) is 80.0 Å². The number of Topliss-reactive ketones (excluding diaryl/α,β-unsaturated/α-hetero) is 1. The van der Waals surface area contributed by atoms with Gasteiger partial charge >= 0.3 is 6.18 Å². The molecule has 13 heteroatoms. The monoisotopic (exact) mass is 708 g/mol. The van der Waals surface area contributed by atoms with Crippen LogP contribution in [0.2, 0.25) is 0 Å². The highest BCUT2D eigenvalue weighted by Crippen LogP contribution is 2.68. The molecular weight excluding hydrogens is 677 g/mol. The molecule has 3 heterocycles. The second-order valence-electron chi connectivity index (χ2n) is 13.9. The highest BCUT2D eigenvalue weighted by molar-refractivity contribution is 5.82. The molecule has 264 valence electrons. The Morgan fingerprint density at radius 1 is 1.10 bits per heavy atom. The first-order chi connectivity index (χ1) is 23.9. The van der Waals surface area contributed by atoms with Crippen molar-refractivity contribution in [3.8, 4) is 23.0 Å². The third kappa shape index (κ3) is 6.53. The van der Waals surface area contributed by atoms with Gasteiger partial charge in [-0.15, -0.1) is 0 Å². The number of aromatic nitrogens is 3. The van der Waals surface area contributed by atoms with Crippen LogP contribution in [-0.4, -0.2) is 31.3 Å². The number of ketones is 1. The highest BCUT2D eigenvalue weighted by Gasteiger charge is 2.68. The van der Waals surface area contributed by atoms with Gasteiger partial charge in [-0.2, -0.15) is 27.1 Å². The molecule has 0 unspecified atom stereocenters. The highest BCUT2D eigenvalue weighted by atomic mass is 19.4. The van der Waals surface area contributed by atoms with Crippen LogP contribution in [0.3, 0.4) is 0 Å². The van der Waals surface area contributed by atoms with Gasteiger partial charge in [0.15, 0.2) is 11.5 Å². The van der Waals surface area contributed by atoms with Gasteiger partial charge < -0.3 is 10.4 Å². The SMILES string of the molecule is C=C1NCc2c1cccc2-c1ccc(C#CC(C)(C)O)nc1[C@@H](CC(=O)Cn1nc(C(F)(F)F)c2c1C(F)(F)[C@@H]1C[C@H]21)Cc1cc(F)cc(F)c1. The van der Waals surface area contributed by atoms with E-state index in [1.54, 1.807) is 12.1 Å². The minimum absolute atomic E-state index is 0.0951. The molecule has 0 bridgehead atoms. The van der Waals surface area contributed by atoms with Crippen molar-refractivity contribution >= 4 is 11.5 Å². The fourth-order valence-corrected chi connectivity index (χ4v) is 7.28. The van der Waals surface area contributed by atoms with E-state index in [9.17, 15) is 31.9 Å². The quantitative estimate of drug-likeness (QED) is 0.145. The Kier molecular flexibility index (Phi) is 8.17. The van der Waals surface area contributed by atoms with E-state index in [-0.39, 0.29) is 29.8 Å². The van der Waals surface area contributed by atoms with Crippen LogP contribution in [0.25, 0.3) is 16.8 Å². The summed E-state index contributed by atoms with van der Waals surface area (Å²) in [5.41, 5.74) is 0.0212. The number of benzene rings is 2. The van der Waals surface area contributed by atoms with E-state index < -0.39 is 82.8 Å². The molecule has 2 aliphatic carbocycles. The van der Waals surface area contributed by atoms with Crippen molar-refractivity contribution in [3.63, 3.8) is 0 Å². The molecular formula is C38H31F7N4O2. The third-order valence-electron chi connectivity index (χ3n) is 9.48. The summed E-state index contributed by atoms with van der Waals surface area (Å²) in [4.78, 5) is 18.6. The first-order valence-corrected chi connectivity index (χ1v) is 16.3. The Hall–Kier alpha value is -4.96. The Bertz CT molecular complexity index is 2150. The largest absolute Gasteiger partial charge is 0.435 e. The number of hydrogen-bond donors (Lipinski definition) is 2. The zero-order valence-electron chi connectivity index (χ0n) is 27.4. The minimum atomic E-state index is -5.00. The number of hydrogen-bond acceptors (Lipinski definition) is 5. The molecule has 1 aliphatic heterocycles. The van der Waals surface area contributed by atoms with E-state index in [2.05, 4.69) is 28.8 Å². The molecule has 0 spiro atoms. The standard InChI is InChI=1S/C38H31F7N4O2/c1-19-26-5-4-6-27(30(26)17-46-19)28-8-7-24(9-10-36(2,3)51)47-33(28)21(11-20-12-22(39)15-23(40)13-20)14-25(50)18-49-35-32(34(48-49)38(43,44)45)29-16-31(29)37(35,41)42/h4-8,12-13,15,21,29,31,46,51H,1,11,14,16-18H2,2-3H3/t21-,29+,31-/m1/s1. The number of carbonyl (C=O) groups excluding carboxylic acids is 1. The molecule has 0 saturated heterocycles. The van der Waals surface area contributed by atoms with Crippen molar-refractivity contribution < 1.29 is 40.6 Å². The van der Waals surface area contributed by atoms with E-state index in [0.717, 1.165) is 23.3 Å². The zero-order valence-corrected chi connectivity index (χ0v) is 27.4. The first kappa shape index (κ1) is 34.5. The summed E-state index contributed by atoms with van der Waals surface area (Å²) in [6.45, 7) is 6.53. The summed E-state index contributed by atoms with van der Waals surface area (Å²) in [5, 5.41) is 16.9. The smallest absolute Gasteiger partial charge is 0.381 e. The summed E-state index contributed by atoms with van der Waals surface area (Å²) < 4.78 is 102. The van der Waals surface area contributed by atoms with E-state index >= 15 is 8.78 Å². The van der Waals surface area contributed by atoms with Crippen LogP contribution < -0.4 is 5.32 Å². The van der Waals surface area contributed by atoms with Gasteiger partial charge in [-0.1, -0.05) is 30.7 Å². The molecule has 51 heavy (non-hydrogen) atoms. The molecule has 2 N–H and O–H groups in total. The molecule has 3 aliphatic rings. The average Bonchev–Trinajstić information content (AvgIpc) is 3.53. The maximum atomic E-state index is 15.3. The van der Waals surface area contributed by atoms with Gasteiger partial charge in [0.2, 0.25) is 0 Å². The zero-order chi connectivity index (χ0) is 36.6. The lowest BCUT2D eigenvalue weighted by molar-refractivity contribution is -0.142. The van der Waals surface area contributed by atoms with Crippen molar-refractivity contribution in [1.82, 2.24) is 20.1 Å². The molecule has 6 nitrogen and oxygen atoms in total. The van der Waals surface area contributed by atoms with Crippen LogP contribution in [0.15, 0.2) is 55.1 Å². The molecule has 0 radical (unpaired) electrons. The molecule has 1 fully saturated rings. The number of pyridine rings is 1. The molecule has 3 atom stereocenters. The number of aliphatic hydroxyl groups is 1. The van der Waals surface area contributed by atoms with Crippen molar-refractivity contribution in [2.24, 2.45) is 5.92 Å². The Morgan fingerprint density at radius 3 is 2.49 bits per heavy atom. The lowest BCUT2D eigenvalue weighted by Crippen LogP contribution is -2.24. The second-order valence-corrected chi connectivity index (χ2v) is 13.9. The first-order valence-electron chi connectivity index (χ1n) is 16.3. The fourth-order valence-electron chi connectivity index (χ4n) is 7.28. The van der Waals surface area contributed by atoms with Crippen LogP contribution in [0.5, 0.6) is 0 Å². The molecule has 0 amide bonds. The molecule has 4 aromatic rings. The van der Waals surface area contributed by atoms with Crippen LogP contribution >= 0.6 is 0 Å². The molecule has 2 aromatic carbocycles. The number of nitrogens with one attached hydrogen (secondary N) is 1. The van der Waals surface area contributed by atoms with E-state index in [4.69, 9.17) is 4.98 Å². The Morgan fingerprint density at radius 2 is 1.80 bits per heavy atom. The van der Waals surface area contributed by atoms with Gasteiger partial charge in [-0.25, -0.2) is 13.8 Å². The van der Waals surface area contributed by atoms with Gasteiger partial charge in [0.1, 0.15) is 35.2 Å². The number of fused-ring (bicyclic) bond motifs is 4. The van der Waals surface area contributed by atoms with Crippen LogP contribution in [0, 0.1) is 29.4 Å². The average molecular weight is 709 g/mol. The minimum Gasteiger partial charge on any atom is -0.381 e. The molecule has 1 saturated carbocycles. The number of rotatable bonds is 8. The van der Waals surface area contributed by atoms with Crippen molar-refractivity contribution in [2.75, 3.05) is 0 Å². The van der Waals surface area contributed by atoms with E-state index in [1.807, 2.05) is 18.2 Å². The van der Waals surface area contributed by atoms with Gasteiger partial charge in [0.25, 0.3) is 5.92 Å². The maximum Gasteiger partial charge on any atom is 0.435 e. The maximum absolute atomic E-state index is 15.3. The summed E-state index contributed by atoms with van der Waals surface area (Å²) in [6.07, 6.45) is -5.72. The van der Waals surface area contributed by atoms with Gasteiger partial charge in [-0.05, 0) is 79.5 Å². The molecule has 7 rings (SSSR count). The molecule has 2 aromatic heterocycles. The van der Waals surface area contributed by atoms with Crippen LogP contribution in [0.4, 0.5) is 30.7 Å². The normalized spacial score (nSPS) is 19.1. The van der Waals surface area contributed by atoms with Gasteiger partial charge in [-0.3, -0.25) is 9.48 Å². The Labute approximate surface area is 288 Å². The second kappa shape index (κ2) is 12.1. The fraction of sp³-hybridized carbons (Fsp3) is 0.342. The number of halogens is 7. The summed E-state index contributed by atoms with van der Waals surface area (Å²) >= 11 is 0. The lowest BCUT2D eigenvalue weighted by atomic mass is 9.85. The van der Waals surface area contributed by atoms with Crippen molar-refractivity contribution in [1.29, 1.82) is 0 Å². The summed E-state index contributed by atoms with van der Waals surface area (Å²) in [6, 6.07) is 11.7. The number of alkyl halides is 5. The van der Waals surface area contributed by atoms with Crippen LogP contribution in [0.1, 0.15) is 83.6 Å². The van der Waals surface area contributed by atoms with E-state index in [0.29, 0.717) is 34.1 Å². The van der Waals surface area contributed by atoms with Crippen molar-refractivity contribution in [2.45, 2.75) is 75.7 Å². The summed E-state index contributed by atoms with van der Waals surface area (Å²) in [5.74, 6) is -3.82. The third-order valence-corrected chi connectivity index (χ3v) is 9.48. The van der Waals surface area contributed by atoms with Crippen molar-refractivity contribution in [3.05, 3.63) is 112 Å². The van der Waals surface area contributed by atoms with Gasteiger partial charge in [0, 0.05) is 53.3 Å². The predicted octanol–water partition coefficient (Wildman–Crippen LogP) is 7.63. The summed E-state index contributed by atoms with van der Waals surface area (Å²) in [7, 11) is 0. The van der Waals surface area contributed by atoms with Gasteiger partial charge in [0.05, 0.1) is 5.69 Å². The number of carbonyl (C=O) groups is 1. The number of nitrogens with zero attached hydrogens (tertiary/aromatic N) is 3. The van der Waals surface area contributed by atoms with Crippen LogP contribution in [-0.2, 0) is 36.4 Å². The van der Waals surface area contributed by atoms with E-state index in [1.165, 1.54) is 13.8 Å².